The lowest BCUT2D eigenvalue weighted by atomic mass is 9.97. The number of nitrogens with zero attached hydrogens (tertiary/aromatic N) is 1. The number of aliphatic carboxylic acids is 1. The quantitative estimate of drug-likeness (QED) is 0.552. The number of carboxylic acids is 1. The van der Waals surface area contributed by atoms with Gasteiger partial charge in [0.1, 0.15) is 5.75 Å². The first-order valence-electron chi connectivity index (χ1n) is 8.28. The number of halogens is 4. The van der Waals surface area contributed by atoms with Gasteiger partial charge in [-0.15, -0.1) is 0 Å². The van der Waals surface area contributed by atoms with Crippen LogP contribution in [0.15, 0.2) is 36.4 Å². The second-order valence-corrected chi connectivity index (χ2v) is 7.03. The number of aromatic nitrogens is 1. The molecule has 3 rings (SSSR count). The molecule has 0 spiro atoms. The Hall–Kier alpha value is -2.44. The number of alkyl halides is 2. The Labute approximate surface area is 169 Å². The van der Waals surface area contributed by atoms with Crippen molar-refractivity contribution in [2.24, 2.45) is 0 Å². The zero-order chi connectivity index (χ0) is 20.4. The SMILES string of the molecule is Cc1nc2c(Cl)ccc(CC(=O)O)c2c(OC(F)F)c1Cc1ccc(Cl)cc1. The summed E-state index contributed by atoms with van der Waals surface area (Å²) < 4.78 is 31.3. The van der Waals surface area contributed by atoms with Crippen LogP contribution < -0.4 is 4.74 Å². The van der Waals surface area contributed by atoms with Crippen molar-refractivity contribution in [3.05, 3.63) is 68.8 Å². The van der Waals surface area contributed by atoms with Crippen LogP contribution in [-0.4, -0.2) is 22.7 Å². The van der Waals surface area contributed by atoms with Crippen LogP contribution in [0.4, 0.5) is 8.78 Å². The maximum Gasteiger partial charge on any atom is 0.387 e. The molecule has 0 aliphatic heterocycles. The number of aryl methyl sites for hydroxylation is 1. The fourth-order valence-corrected chi connectivity index (χ4v) is 3.39. The van der Waals surface area contributed by atoms with Gasteiger partial charge in [0.05, 0.1) is 17.0 Å². The molecule has 4 nitrogen and oxygen atoms in total. The van der Waals surface area contributed by atoms with E-state index in [9.17, 15) is 18.7 Å². The number of hydrogen-bond donors (Lipinski definition) is 1. The van der Waals surface area contributed by atoms with E-state index in [0.717, 1.165) is 5.56 Å². The number of ether oxygens (including phenoxy) is 1. The average molecular weight is 426 g/mol. The van der Waals surface area contributed by atoms with E-state index in [0.29, 0.717) is 21.8 Å². The van der Waals surface area contributed by atoms with Gasteiger partial charge >= 0.3 is 12.6 Å². The van der Waals surface area contributed by atoms with E-state index in [1.165, 1.54) is 12.1 Å². The Balaban J connectivity index is 2.28. The third-order valence-corrected chi connectivity index (χ3v) is 4.83. The lowest BCUT2D eigenvalue weighted by Gasteiger charge is -2.18. The number of rotatable bonds is 6. The lowest BCUT2D eigenvalue weighted by molar-refractivity contribution is -0.136. The summed E-state index contributed by atoms with van der Waals surface area (Å²) in [6, 6.07) is 9.92. The van der Waals surface area contributed by atoms with E-state index in [4.69, 9.17) is 27.9 Å². The van der Waals surface area contributed by atoms with Gasteiger partial charge < -0.3 is 9.84 Å². The zero-order valence-electron chi connectivity index (χ0n) is 14.7. The standard InChI is InChI=1S/C20H15Cl2F2NO3/c1-10-14(8-11-2-5-13(21)6-3-11)19(28-20(23)24)17-12(9-16(26)27)4-7-15(22)18(17)25-10/h2-7,20H,8-9H2,1H3,(H,26,27). The van der Waals surface area contributed by atoms with Crippen molar-refractivity contribution in [2.75, 3.05) is 0 Å². The molecule has 0 radical (unpaired) electrons. The van der Waals surface area contributed by atoms with Gasteiger partial charge in [-0.05, 0) is 36.2 Å². The summed E-state index contributed by atoms with van der Waals surface area (Å²) in [4.78, 5) is 15.7. The highest BCUT2D eigenvalue weighted by Gasteiger charge is 2.22. The van der Waals surface area contributed by atoms with Crippen molar-refractivity contribution in [1.82, 2.24) is 4.98 Å². The minimum Gasteiger partial charge on any atom is -0.481 e. The second-order valence-electron chi connectivity index (χ2n) is 6.19. The smallest absolute Gasteiger partial charge is 0.387 e. The number of pyridine rings is 1. The van der Waals surface area contributed by atoms with Crippen molar-refractivity contribution in [1.29, 1.82) is 0 Å². The first kappa shape index (κ1) is 20.3. The van der Waals surface area contributed by atoms with Gasteiger partial charge in [-0.3, -0.25) is 9.78 Å². The summed E-state index contributed by atoms with van der Waals surface area (Å²) in [7, 11) is 0. The normalized spacial score (nSPS) is 11.2. The topological polar surface area (TPSA) is 59.4 Å². The molecule has 0 atom stereocenters. The molecule has 0 bridgehead atoms. The molecular formula is C20H15Cl2F2NO3. The number of carboxylic acid groups (broad SMARTS) is 1. The molecule has 8 heteroatoms. The van der Waals surface area contributed by atoms with Gasteiger partial charge in [0.15, 0.2) is 0 Å². The highest BCUT2D eigenvalue weighted by molar-refractivity contribution is 6.35. The van der Waals surface area contributed by atoms with E-state index in [1.54, 1.807) is 31.2 Å². The Morgan fingerprint density at radius 3 is 2.46 bits per heavy atom. The molecule has 0 aliphatic carbocycles. The third kappa shape index (κ3) is 4.34. The summed E-state index contributed by atoms with van der Waals surface area (Å²) in [5.74, 6) is -1.21. The monoisotopic (exact) mass is 425 g/mol. The van der Waals surface area contributed by atoms with Gasteiger partial charge in [-0.25, -0.2) is 0 Å². The number of fused-ring (bicyclic) bond motifs is 1. The van der Waals surface area contributed by atoms with Crippen molar-refractivity contribution in [3.63, 3.8) is 0 Å². The van der Waals surface area contributed by atoms with Crippen LogP contribution in [0.5, 0.6) is 5.75 Å². The average Bonchev–Trinajstić information content (AvgIpc) is 2.61. The molecule has 2 aromatic carbocycles. The van der Waals surface area contributed by atoms with Crippen LogP contribution in [-0.2, 0) is 17.6 Å². The Morgan fingerprint density at radius 2 is 1.86 bits per heavy atom. The molecule has 1 N–H and O–H groups in total. The molecule has 0 saturated carbocycles. The molecule has 0 saturated heterocycles. The van der Waals surface area contributed by atoms with Gasteiger partial charge in [0.25, 0.3) is 0 Å². The fraction of sp³-hybridized carbons (Fsp3) is 0.200. The molecule has 3 aromatic rings. The van der Waals surface area contributed by atoms with Gasteiger partial charge in [0, 0.05) is 28.1 Å². The lowest BCUT2D eigenvalue weighted by Crippen LogP contribution is -2.10. The van der Waals surface area contributed by atoms with Crippen LogP contribution in [0.1, 0.15) is 22.4 Å². The fourth-order valence-electron chi connectivity index (χ4n) is 3.06. The van der Waals surface area contributed by atoms with E-state index >= 15 is 0 Å². The van der Waals surface area contributed by atoms with Crippen molar-refractivity contribution < 1.29 is 23.4 Å². The van der Waals surface area contributed by atoms with Crippen molar-refractivity contribution in [3.8, 4) is 5.75 Å². The van der Waals surface area contributed by atoms with E-state index in [-0.39, 0.29) is 34.5 Å². The Morgan fingerprint density at radius 1 is 1.18 bits per heavy atom. The van der Waals surface area contributed by atoms with Crippen LogP contribution >= 0.6 is 23.2 Å². The number of carbonyl (C=O) groups is 1. The first-order chi connectivity index (χ1) is 13.3. The summed E-state index contributed by atoms with van der Waals surface area (Å²) in [6.07, 6.45) is -0.120. The van der Waals surface area contributed by atoms with Crippen LogP contribution in [0, 0.1) is 6.92 Å². The molecule has 1 heterocycles. The first-order valence-corrected chi connectivity index (χ1v) is 9.03. The highest BCUT2D eigenvalue weighted by atomic mass is 35.5. The Kier molecular flexibility index (Phi) is 6.01. The van der Waals surface area contributed by atoms with E-state index < -0.39 is 12.6 Å². The van der Waals surface area contributed by atoms with Crippen molar-refractivity contribution in [2.45, 2.75) is 26.4 Å². The number of hydrogen-bond acceptors (Lipinski definition) is 3. The van der Waals surface area contributed by atoms with Gasteiger partial charge in [-0.2, -0.15) is 8.78 Å². The Bertz CT molecular complexity index is 1040. The highest BCUT2D eigenvalue weighted by Crippen LogP contribution is 2.38. The van der Waals surface area contributed by atoms with Gasteiger partial charge in [0.2, 0.25) is 0 Å². The summed E-state index contributed by atoms with van der Waals surface area (Å²) in [5, 5.41) is 10.2. The minimum atomic E-state index is -3.09. The van der Waals surface area contributed by atoms with Gasteiger partial charge in [-0.1, -0.05) is 41.4 Å². The summed E-state index contributed by atoms with van der Waals surface area (Å²) >= 11 is 12.1. The van der Waals surface area contributed by atoms with E-state index in [1.807, 2.05) is 0 Å². The predicted molar refractivity (Wildman–Crippen MR) is 104 cm³/mol. The maximum atomic E-state index is 13.2. The van der Waals surface area contributed by atoms with Crippen LogP contribution in [0.25, 0.3) is 10.9 Å². The second kappa shape index (κ2) is 8.29. The van der Waals surface area contributed by atoms with Crippen LogP contribution in [0.3, 0.4) is 0 Å². The minimum absolute atomic E-state index is 0.105. The number of benzene rings is 2. The molecule has 0 aliphatic rings. The maximum absolute atomic E-state index is 13.2. The molecule has 0 unspecified atom stereocenters. The summed E-state index contributed by atoms with van der Waals surface area (Å²) in [6.45, 7) is -1.42. The predicted octanol–water partition coefficient (Wildman–Crippen LogP) is 5.67. The molecule has 0 fully saturated rings. The van der Waals surface area contributed by atoms with E-state index in [2.05, 4.69) is 4.98 Å². The largest absolute Gasteiger partial charge is 0.481 e. The zero-order valence-corrected chi connectivity index (χ0v) is 16.2. The van der Waals surface area contributed by atoms with Crippen LogP contribution in [0.2, 0.25) is 10.0 Å². The molecule has 28 heavy (non-hydrogen) atoms. The molecule has 146 valence electrons. The summed E-state index contributed by atoms with van der Waals surface area (Å²) in [5.41, 5.74) is 2.24. The molecule has 1 aromatic heterocycles. The molecular weight excluding hydrogens is 411 g/mol. The van der Waals surface area contributed by atoms with Crippen molar-refractivity contribution >= 4 is 40.1 Å². The molecule has 0 amide bonds. The third-order valence-electron chi connectivity index (χ3n) is 4.28.